The Morgan fingerprint density at radius 3 is 2.77 bits per heavy atom. The van der Waals surface area contributed by atoms with Crippen LogP contribution in [-0.2, 0) is 0 Å². The fourth-order valence-corrected chi connectivity index (χ4v) is 1.01. The summed E-state index contributed by atoms with van der Waals surface area (Å²) in [6.45, 7) is 1.88. The summed E-state index contributed by atoms with van der Waals surface area (Å²) in [6, 6.07) is 5.05. The number of carbonyl (C=O) groups excluding carboxylic acids is 1. The van der Waals surface area contributed by atoms with Gasteiger partial charge >= 0.3 is 6.03 Å². The molecule has 0 aliphatic heterocycles. The molecule has 70 valence electrons. The maximum atomic E-state index is 10.8. The molecule has 0 saturated heterocycles. The lowest BCUT2D eigenvalue weighted by Crippen LogP contribution is -2.34. The lowest BCUT2D eigenvalue weighted by Gasteiger charge is -2.21. The first-order valence-electron chi connectivity index (χ1n) is 4.06. The van der Waals surface area contributed by atoms with Crippen LogP contribution in [-0.4, -0.2) is 23.0 Å². The van der Waals surface area contributed by atoms with Crippen molar-refractivity contribution in [2.75, 3.05) is 7.05 Å². The number of urea groups is 1. The zero-order chi connectivity index (χ0) is 9.84. The molecule has 0 saturated carbocycles. The SMILES string of the molecule is CC(c1ccccn1)N(C)C(N)=O. The second kappa shape index (κ2) is 3.89. The third-order valence-electron chi connectivity index (χ3n) is 2.04. The van der Waals surface area contributed by atoms with E-state index in [9.17, 15) is 4.79 Å². The van der Waals surface area contributed by atoms with Crippen molar-refractivity contribution >= 4 is 6.03 Å². The quantitative estimate of drug-likeness (QED) is 0.740. The van der Waals surface area contributed by atoms with E-state index in [1.54, 1.807) is 13.2 Å². The van der Waals surface area contributed by atoms with Gasteiger partial charge in [0.25, 0.3) is 0 Å². The predicted molar refractivity (Wildman–Crippen MR) is 50.0 cm³/mol. The summed E-state index contributed by atoms with van der Waals surface area (Å²) in [5, 5.41) is 0. The Labute approximate surface area is 77.4 Å². The molecule has 1 unspecified atom stereocenters. The van der Waals surface area contributed by atoms with Gasteiger partial charge in [-0.25, -0.2) is 4.79 Å². The highest BCUT2D eigenvalue weighted by Gasteiger charge is 2.14. The zero-order valence-electron chi connectivity index (χ0n) is 7.77. The number of amides is 2. The summed E-state index contributed by atoms with van der Waals surface area (Å²) in [6.07, 6.45) is 1.70. The van der Waals surface area contributed by atoms with E-state index in [0.717, 1.165) is 5.69 Å². The van der Waals surface area contributed by atoms with Gasteiger partial charge in [-0.1, -0.05) is 6.07 Å². The number of pyridine rings is 1. The van der Waals surface area contributed by atoms with Gasteiger partial charge in [-0.3, -0.25) is 4.98 Å². The molecular formula is C9H13N3O. The highest BCUT2D eigenvalue weighted by molar-refractivity contribution is 5.72. The first kappa shape index (κ1) is 9.51. The van der Waals surface area contributed by atoms with E-state index in [1.165, 1.54) is 4.90 Å². The highest BCUT2D eigenvalue weighted by Crippen LogP contribution is 2.14. The summed E-state index contributed by atoms with van der Waals surface area (Å²) >= 11 is 0. The fraction of sp³-hybridized carbons (Fsp3) is 0.333. The number of rotatable bonds is 2. The Kier molecular flexibility index (Phi) is 2.84. The molecule has 0 aliphatic rings. The van der Waals surface area contributed by atoms with Crippen LogP contribution in [0.25, 0.3) is 0 Å². The van der Waals surface area contributed by atoms with Crippen LogP contribution in [0.5, 0.6) is 0 Å². The number of hydrogen-bond donors (Lipinski definition) is 1. The van der Waals surface area contributed by atoms with E-state index >= 15 is 0 Å². The number of hydrogen-bond acceptors (Lipinski definition) is 2. The van der Waals surface area contributed by atoms with Crippen molar-refractivity contribution in [3.63, 3.8) is 0 Å². The monoisotopic (exact) mass is 179 g/mol. The van der Waals surface area contributed by atoms with Gasteiger partial charge in [-0.05, 0) is 19.1 Å². The van der Waals surface area contributed by atoms with E-state index < -0.39 is 6.03 Å². The van der Waals surface area contributed by atoms with Crippen molar-refractivity contribution in [2.45, 2.75) is 13.0 Å². The van der Waals surface area contributed by atoms with Crippen LogP contribution in [0.15, 0.2) is 24.4 Å². The smallest absolute Gasteiger partial charge is 0.315 e. The van der Waals surface area contributed by atoms with Crippen molar-refractivity contribution < 1.29 is 4.79 Å². The molecular weight excluding hydrogens is 166 g/mol. The maximum absolute atomic E-state index is 10.8. The van der Waals surface area contributed by atoms with Crippen molar-refractivity contribution in [1.82, 2.24) is 9.88 Å². The molecule has 0 aliphatic carbocycles. The molecule has 13 heavy (non-hydrogen) atoms. The molecule has 0 radical (unpaired) electrons. The average molecular weight is 179 g/mol. The lowest BCUT2D eigenvalue weighted by molar-refractivity contribution is 0.203. The molecule has 0 aromatic carbocycles. The first-order chi connectivity index (χ1) is 6.13. The second-order valence-electron chi connectivity index (χ2n) is 2.88. The van der Waals surface area contributed by atoms with Crippen LogP contribution >= 0.6 is 0 Å². The minimum absolute atomic E-state index is 0.0845. The molecule has 4 heteroatoms. The molecule has 0 bridgehead atoms. The predicted octanol–water partition coefficient (Wildman–Crippen LogP) is 1.15. The van der Waals surface area contributed by atoms with E-state index in [0.29, 0.717) is 0 Å². The first-order valence-corrected chi connectivity index (χ1v) is 4.06. The Hall–Kier alpha value is -1.58. The van der Waals surface area contributed by atoms with Gasteiger partial charge in [0, 0.05) is 13.2 Å². The van der Waals surface area contributed by atoms with E-state index in [2.05, 4.69) is 4.98 Å². The van der Waals surface area contributed by atoms with Gasteiger partial charge in [0.1, 0.15) is 0 Å². The molecule has 2 N–H and O–H groups in total. The Morgan fingerprint density at radius 1 is 1.62 bits per heavy atom. The van der Waals surface area contributed by atoms with Crippen LogP contribution < -0.4 is 5.73 Å². The van der Waals surface area contributed by atoms with E-state index in [4.69, 9.17) is 5.73 Å². The summed E-state index contributed by atoms with van der Waals surface area (Å²) in [5.74, 6) is 0. The Balaban J connectivity index is 2.79. The van der Waals surface area contributed by atoms with Gasteiger partial charge in [0.15, 0.2) is 0 Å². The van der Waals surface area contributed by atoms with Crippen molar-refractivity contribution in [3.8, 4) is 0 Å². The van der Waals surface area contributed by atoms with E-state index in [1.807, 2.05) is 25.1 Å². The van der Waals surface area contributed by atoms with Gasteiger partial charge in [-0.2, -0.15) is 0 Å². The van der Waals surface area contributed by atoms with Crippen LogP contribution in [0.1, 0.15) is 18.7 Å². The van der Waals surface area contributed by atoms with Crippen LogP contribution in [0.3, 0.4) is 0 Å². The molecule has 1 aromatic rings. The Bertz CT molecular complexity index is 286. The molecule has 1 aromatic heterocycles. The standard InChI is InChI=1S/C9H13N3O/c1-7(12(2)9(10)13)8-5-3-4-6-11-8/h3-7H,1-2H3,(H2,10,13). The summed E-state index contributed by atoms with van der Waals surface area (Å²) in [7, 11) is 1.65. The van der Waals surface area contributed by atoms with Crippen LogP contribution in [0.4, 0.5) is 4.79 Å². The average Bonchev–Trinajstić information content (AvgIpc) is 2.17. The molecule has 4 nitrogen and oxygen atoms in total. The third kappa shape index (κ3) is 2.18. The zero-order valence-corrected chi connectivity index (χ0v) is 7.77. The fourth-order valence-electron chi connectivity index (χ4n) is 1.01. The molecule has 2 amide bonds. The molecule has 0 spiro atoms. The Morgan fingerprint density at radius 2 is 2.31 bits per heavy atom. The molecule has 1 rings (SSSR count). The number of nitrogens with zero attached hydrogens (tertiary/aromatic N) is 2. The number of primary amides is 1. The normalized spacial score (nSPS) is 12.2. The summed E-state index contributed by atoms with van der Waals surface area (Å²) < 4.78 is 0. The van der Waals surface area contributed by atoms with E-state index in [-0.39, 0.29) is 6.04 Å². The van der Waals surface area contributed by atoms with Crippen molar-refractivity contribution in [3.05, 3.63) is 30.1 Å². The van der Waals surface area contributed by atoms with Gasteiger partial charge in [0.05, 0.1) is 11.7 Å². The number of carbonyl (C=O) groups is 1. The summed E-state index contributed by atoms with van der Waals surface area (Å²) in [5.41, 5.74) is 5.97. The largest absolute Gasteiger partial charge is 0.351 e. The number of nitrogens with two attached hydrogens (primary N) is 1. The minimum atomic E-state index is -0.446. The van der Waals surface area contributed by atoms with Crippen molar-refractivity contribution in [2.24, 2.45) is 5.73 Å². The van der Waals surface area contributed by atoms with Gasteiger partial charge in [0.2, 0.25) is 0 Å². The highest BCUT2D eigenvalue weighted by atomic mass is 16.2. The van der Waals surface area contributed by atoms with Gasteiger partial charge < -0.3 is 10.6 Å². The van der Waals surface area contributed by atoms with Crippen molar-refractivity contribution in [1.29, 1.82) is 0 Å². The minimum Gasteiger partial charge on any atom is -0.351 e. The summed E-state index contributed by atoms with van der Waals surface area (Å²) in [4.78, 5) is 16.4. The number of aromatic nitrogens is 1. The molecule has 1 atom stereocenters. The van der Waals surface area contributed by atoms with Gasteiger partial charge in [-0.15, -0.1) is 0 Å². The lowest BCUT2D eigenvalue weighted by atomic mass is 10.2. The topological polar surface area (TPSA) is 59.2 Å². The molecule has 0 fully saturated rings. The molecule has 1 heterocycles. The van der Waals surface area contributed by atoms with Crippen LogP contribution in [0, 0.1) is 0 Å². The maximum Gasteiger partial charge on any atom is 0.315 e. The van der Waals surface area contributed by atoms with Crippen LogP contribution in [0.2, 0.25) is 0 Å². The third-order valence-corrected chi connectivity index (χ3v) is 2.04. The second-order valence-corrected chi connectivity index (χ2v) is 2.88.